The number of para-hydroxylation sites is 2. The topological polar surface area (TPSA) is 30.7 Å². The smallest absolute Gasteiger partial charge is 0.160 e. The van der Waals surface area contributed by atoms with E-state index in [1.165, 1.54) is 65.3 Å². The summed E-state index contributed by atoms with van der Waals surface area (Å²) >= 11 is 0. The maximum atomic E-state index is 5.21. The molecule has 0 fully saturated rings. The average Bonchev–Trinajstić information content (AvgIpc) is 3.60. The van der Waals surface area contributed by atoms with Crippen molar-refractivity contribution >= 4 is 54.1 Å². The quantitative estimate of drug-likeness (QED) is 0.167. The highest BCUT2D eigenvalue weighted by Gasteiger charge is 2.18. The van der Waals surface area contributed by atoms with E-state index in [4.69, 9.17) is 9.97 Å². The maximum Gasteiger partial charge on any atom is 0.160 e. The molecule has 0 amide bonds. The molecule has 9 aromatic carbocycles. The van der Waals surface area contributed by atoms with Crippen LogP contribution in [0.5, 0.6) is 0 Å². The van der Waals surface area contributed by atoms with Crippen molar-refractivity contribution in [2.75, 3.05) is 0 Å². The molecule has 2 aromatic heterocycles. The number of hydrogen-bond donors (Lipinski definition) is 0. The second-order valence-corrected chi connectivity index (χ2v) is 14.1. The summed E-state index contributed by atoms with van der Waals surface area (Å²) in [6, 6.07) is 71.5. The molecule has 0 aliphatic heterocycles. The fraction of sp³-hybridized carbons (Fsp3) is 0. The van der Waals surface area contributed by atoms with Crippen molar-refractivity contribution in [3.8, 4) is 50.7 Å². The molecule has 0 spiro atoms. The normalized spacial score (nSPS) is 11.6. The summed E-state index contributed by atoms with van der Waals surface area (Å²) in [4.78, 5) is 10.4. The molecule has 0 unspecified atom stereocenters. The van der Waals surface area contributed by atoms with Gasteiger partial charge in [-0.3, -0.25) is 0 Å². The lowest BCUT2D eigenvalue weighted by Gasteiger charge is -2.16. The van der Waals surface area contributed by atoms with Crippen LogP contribution < -0.4 is 0 Å². The molecule has 2 heterocycles. The minimum atomic E-state index is 0.705. The van der Waals surface area contributed by atoms with Crippen molar-refractivity contribution in [3.63, 3.8) is 0 Å². The minimum absolute atomic E-state index is 0.705. The van der Waals surface area contributed by atoms with Gasteiger partial charge in [-0.15, -0.1) is 0 Å². The summed E-state index contributed by atoms with van der Waals surface area (Å²) in [5.41, 5.74) is 10.8. The summed E-state index contributed by atoms with van der Waals surface area (Å²) in [6.07, 6.45) is 0. The van der Waals surface area contributed by atoms with Gasteiger partial charge < -0.3 is 4.57 Å². The zero-order valence-electron chi connectivity index (χ0n) is 29.9. The van der Waals surface area contributed by atoms with Gasteiger partial charge in [-0.2, -0.15) is 0 Å². The molecule has 11 aromatic rings. The molecule has 55 heavy (non-hydrogen) atoms. The van der Waals surface area contributed by atoms with E-state index in [1.807, 2.05) is 12.1 Å². The van der Waals surface area contributed by atoms with Crippen molar-refractivity contribution in [2.24, 2.45) is 0 Å². The number of fused-ring (bicyclic) bond motifs is 9. The highest BCUT2D eigenvalue weighted by molar-refractivity contribution is 6.29. The Balaban J connectivity index is 1.18. The van der Waals surface area contributed by atoms with Crippen molar-refractivity contribution in [1.82, 2.24) is 14.5 Å². The van der Waals surface area contributed by atoms with E-state index in [9.17, 15) is 0 Å². The zero-order valence-corrected chi connectivity index (χ0v) is 29.9. The van der Waals surface area contributed by atoms with Gasteiger partial charge in [0, 0.05) is 33.2 Å². The Hall–Kier alpha value is -7.36. The number of aromatic nitrogens is 3. The second kappa shape index (κ2) is 12.6. The molecule has 0 bridgehead atoms. The Kier molecular flexibility index (Phi) is 7.17. The minimum Gasteiger partial charge on any atom is -0.309 e. The molecular weight excluding hydrogens is 667 g/mol. The second-order valence-electron chi connectivity index (χ2n) is 14.1. The van der Waals surface area contributed by atoms with Crippen LogP contribution in [0, 0.1) is 0 Å². The summed E-state index contributed by atoms with van der Waals surface area (Å²) in [5, 5.41) is 9.81. The molecule has 0 saturated carbocycles. The predicted octanol–water partition coefficient (Wildman–Crippen LogP) is 13.7. The SMILES string of the molecule is c1ccc(-c2cc(-c3ccccc3)nc(-c3ccc4c5ccccc5c5cccc(-c6ccc7c(c6)c6ccccc6n7-c6ccccc6)c5c4c3)n2)cc1. The first-order valence-corrected chi connectivity index (χ1v) is 18.7. The number of rotatable bonds is 5. The van der Waals surface area contributed by atoms with Crippen LogP contribution in [0.15, 0.2) is 200 Å². The third-order valence-electron chi connectivity index (χ3n) is 11.0. The molecule has 3 heteroatoms. The maximum absolute atomic E-state index is 5.21. The van der Waals surface area contributed by atoms with E-state index >= 15 is 0 Å². The van der Waals surface area contributed by atoms with Crippen molar-refractivity contribution < 1.29 is 0 Å². The third kappa shape index (κ3) is 5.13. The number of nitrogens with zero attached hydrogens (tertiary/aromatic N) is 3. The summed E-state index contributed by atoms with van der Waals surface area (Å²) < 4.78 is 2.37. The lowest BCUT2D eigenvalue weighted by molar-refractivity contribution is 1.18. The van der Waals surface area contributed by atoms with Gasteiger partial charge in [-0.05, 0) is 85.9 Å². The van der Waals surface area contributed by atoms with Gasteiger partial charge in [0.2, 0.25) is 0 Å². The molecule has 3 nitrogen and oxygen atoms in total. The molecule has 11 rings (SSSR count). The molecule has 0 aliphatic carbocycles. The third-order valence-corrected chi connectivity index (χ3v) is 11.0. The van der Waals surface area contributed by atoms with E-state index in [0.29, 0.717) is 5.82 Å². The van der Waals surface area contributed by atoms with Gasteiger partial charge in [0.05, 0.1) is 22.4 Å². The lowest BCUT2D eigenvalue weighted by atomic mass is 9.88. The van der Waals surface area contributed by atoms with Gasteiger partial charge in [-0.25, -0.2) is 9.97 Å². The zero-order chi connectivity index (χ0) is 36.3. The molecular formula is C52H33N3. The van der Waals surface area contributed by atoms with E-state index in [-0.39, 0.29) is 0 Å². The Morgan fingerprint density at radius 2 is 0.836 bits per heavy atom. The standard InChI is InChI=1S/C52H33N3/c1-4-15-34(16-5-1)47-33-48(35-17-6-2-7-18-35)54-52(53-47)37-27-29-42-40-21-10-11-22-41(40)44-25-14-24-39(51(44)46(42)32-37)36-28-30-50-45(31-36)43-23-12-13-26-49(43)55(50)38-19-8-3-9-20-38/h1-33H. The van der Waals surface area contributed by atoms with Crippen LogP contribution in [-0.4, -0.2) is 14.5 Å². The van der Waals surface area contributed by atoms with Crippen molar-refractivity contribution in [3.05, 3.63) is 200 Å². The average molecular weight is 700 g/mol. The first-order valence-electron chi connectivity index (χ1n) is 18.7. The van der Waals surface area contributed by atoms with Crippen LogP contribution in [0.1, 0.15) is 0 Å². The van der Waals surface area contributed by atoms with Crippen LogP contribution in [-0.2, 0) is 0 Å². The van der Waals surface area contributed by atoms with Gasteiger partial charge in [0.25, 0.3) is 0 Å². The van der Waals surface area contributed by atoms with Crippen LogP contribution >= 0.6 is 0 Å². The first-order chi connectivity index (χ1) is 27.3. The number of benzene rings is 9. The summed E-state index contributed by atoms with van der Waals surface area (Å²) in [7, 11) is 0. The molecule has 0 saturated heterocycles. The predicted molar refractivity (Wildman–Crippen MR) is 231 cm³/mol. The van der Waals surface area contributed by atoms with Gasteiger partial charge in [0.1, 0.15) is 0 Å². The van der Waals surface area contributed by atoms with Crippen LogP contribution in [0.4, 0.5) is 0 Å². The van der Waals surface area contributed by atoms with E-state index in [0.717, 1.165) is 33.8 Å². The van der Waals surface area contributed by atoms with E-state index in [1.54, 1.807) is 0 Å². The van der Waals surface area contributed by atoms with Gasteiger partial charge in [-0.1, -0.05) is 158 Å². The highest BCUT2D eigenvalue weighted by atomic mass is 15.0. The van der Waals surface area contributed by atoms with E-state index < -0.39 is 0 Å². The highest BCUT2D eigenvalue weighted by Crippen LogP contribution is 2.43. The first kappa shape index (κ1) is 31.2. The van der Waals surface area contributed by atoms with E-state index in [2.05, 4.69) is 193 Å². The van der Waals surface area contributed by atoms with Gasteiger partial charge in [0.15, 0.2) is 5.82 Å². The monoisotopic (exact) mass is 699 g/mol. The fourth-order valence-corrected chi connectivity index (χ4v) is 8.47. The molecule has 0 radical (unpaired) electrons. The fourth-order valence-electron chi connectivity index (χ4n) is 8.47. The van der Waals surface area contributed by atoms with Crippen LogP contribution in [0.25, 0.3) is 105 Å². The summed E-state index contributed by atoms with van der Waals surface area (Å²) in [6.45, 7) is 0. The Morgan fingerprint density at radius 1 is 0.309 bits per heavy atom. The van der Waals surface area contributed by atoms with Crippen LogP contribution in [0.2, 0.25) is 0 Å². The largest absolute Gasteiger partial charge is 0.309 e. The van der Waals surface area contributed by atoms with Gasteiger partial charge >= 0.3 is 0 Å². The Morgan fingerprint density at radius 3 is 1.55 bits per heavy atom. The van der Waals surface area contributed by atoms with Crippen LogP contribution in [0.3, 0.4) is 0 Å². The molecule has 0 atom stereocenters. The van der Waals surface area contributed by atoms with Crippen molar-refractivity contribution in [2.45, 2.75) is 0 Å². The number of hydrogen-bond acceptors (Lipinski definition) is 2. The molecule has 0 N–H and O–H groups in total. The Bertz CT molecular complexity index is 3180. The molecule has 0 aliphatic rings. The summed E-state index contributed by atoms with van der Waals surface area (Å²) in [5.74, 6) is 0.705. The van der Waals surface area contributed by atoms with Crippen molar-refractivity contribution in [1.29, 1.82) is 0 Å². The Labute approximate surface area is 318 Å². The molecule has 256 valence electrons. The lowest BCUT2D eigenvalue weighted by Crippen LogP contribution is -1.96.